The third kappa shape index (κ3) is 7.23. The summed E-state index contributed by atoms with van der Waals surface area (Å²) >= 11 is 0. The highest BCUT2D eigenvalue weighted by Gasteiger charge is 2.21. The van der Waals surface area contributed by atoms with E-state index in [1.54, 1.807) is 52.0 Å². The van der Waals surface area contributed by atoms with Gasteiger partial charge in [-0.3, -0.25) is 0 Å². The van der Waals surface area contributed by atoms with Crippen LogP contribution in [-0.2, 0) is 14.3 Å². The molecule has 0 saturated carbocycles. The van der Waals surface area contributed by atoms with Crippen LogP contribution in [0.5, 0.6) is 0 Å². The van der Waals surface area contributed by atoms with Gasteiger partial charge in [-0.05, 0) is 33.3 Å². The number of ether oxygens (including phenoxy) is 2. The second-order valence-electron chi connectivity index (χ2n) is 6.01. The third-order valence-corrected chi connectivity index (χ3v) is 2.73. The summed E-state index contributed by atoms with van der Waals surface area (Å²) in [6.45, 7) is 7.03. The highest BCUT2D eigenvalue weighted by atomic mass is 16.6. The van der Waals surface area contributed by atoms with Crippen molar-refractivity contribution in [1.82, 2.24) is 5.43 Å². The molecule has 132 valence electrons. The van der Waals surface area contributed by atoms with Gasteiger partial charge in [0.2, 0.25) is 0 Å². The first kappa shape index (κ1) is 19.6. The van der Waals surface area contributed by atoms with Crippen LogP contribution in [0.3, 0.4) is 0 Å². The summed E-state index contributed by atoms with van der Waals surface area (Å²) in [4.78, 5) is 23.3. The van der Waals surface area contributed by atoms with Gasteiger partial charge in [0.25, 0.3) is 0 Å². The summed E-state index contributed by atoms with van der Waals surface area (Å²) in [5.41, 5.74) is 2.62. The molecular weight excluding hydrogens is 312 g/mol. The summed E-state index contributed by atoms with van der Waals surface area (Å²) in [7, 11) is 0. The average Bonchev–Trinajstić information content (AvgIpc) is 2.50. The van der Waals surface area contributed by atoms with Crippen molar-refractivity contribution < 1.29 is 24.2 Å². The third-order valence-electron chi connectivity index (χ3n) is 2.73. The normalized spacial score (nSPS) is 13.1. The fourth-order valence-electron chi connectivity index (χ4n) is 1.78. The number of carbonyl (C=O) groups is 2. The number of hydrogen-bond donors (Lipinski definition) is 2. The van der Waals surface area contributed by atoms with Crippen molar-refractivity contribution in [2.75, 3.05) is 6.61 Å². The molecule has 2 N–H and O–H groups in total. The SMILES string of the molecule is CCOC(=O)[C@H](O)C/C(=N\NC(=O)OC(C)(C)C)c1ccccc1. The standard InChI is InChI=1S/C17H24N2O5/c1-5-23-15(21)14(20)11-13(12-9-7-6-8-10-12)18-19-16(22)24-17(2,3)4/h6-10,14,20H,5,11H2,1-4H3,(H,19,22)/b18-13+/t14-/m1/s1. The van der Waals surface area contributed by atoms with Crippen molar-refractivity contribution in [2.24, 2.45) is 5.10 Å². The summed E-state index contributed by atoms with van der Waals surface area (Å²) in [5, 5.41) is 13.9. The molecule has 0 aliphatic heterocycles. The molecule has 7 heteroatoms. The molecule has 0 heterocycles. The molecule has 7 nitrogen and oxygen atoms in total. The number of rotatable bonds is 6. The maximum Gasteiger partial charge on any atom is 0.428 e. The zero-order valence-corrected chi connectivity index (χ0v) is 14.4. The Hall–Kier alpha value is -2.41. The zero-order valence-electron chi connectivity index (χ0n) is 14.4. The van der Waals surface area contributed by atoms with Crippen molar-refractivity contribution in [3.05, 3.63) is 35.9 Å². The highest BCUT2D eigenvalue weighted by Crippen LogP contribution is 2.09. The van der Waals surface area contributed by atoms with E-state index in [4.69, 9.17) is 9.47 Å². The van der Waals surface area contributed by atoms with Crippen LogP contribution in [0.15, 0.2) is 35.4 Å². The number of nitrogens with zero attached hydrogens (tertiary/aromatic N) is 1. The zero-order chi connectivity index (χ0) is 18.2. The van der Waals surface area contributed by atoms with Gasteiger partial charge in [-0.2, -0.15) is 5.10 Å². The number of esters is 1. The van der Waals surface area contributed by atoms with Gasteiger partial charge >= 0.3 is 12.1 Å². The number of benzene rings is 1. The van der Waals surface area contributed by atoms with E-state index in [0.717, 1.165) is 0 Å². The molecule has 24 heavy (non-hydrogen) atoms. The number of aliphatic hydroxyl groups excluding tert-OH is 1. The number of hydrazone groups is 1. The van der Waals surface area contributed by atoms with Crippen molar-refractivity contribution >= 4 is 17.8 Å². The van der Waals surface area contributed by atoms with Gasteiger partial charge in [-0.1, -0.05) is 30.3 Å². The van der Waals surface area contributed by atoms with E-state index in [1.165, 1.54) is 0 Å². The lowest BCUT2D eigenvalue weighted by molar-refractivity contribution is -0.152. The largest absolute Gasteiger partial charge is 0.464 e. The van der Waals surface area contributed by atoms with E-state index < -0.39 is 23.8 Å². The Balaban J connectivity index is 2.88. The van der Waals surface area contributed by atoms with Gasteiger partial charge in [0, 0.05) is 6.42 Å². The molecule has 0 radical (unpaired) electrons. The summed E-state index contributed by atoms with van der Waals surface area (Å²) in [6.07, 6.45) is -2.19. The van der Waals surface area contributed by atoms with E-state index in [2.05, 4.69) is 10.5 Å². The number of carbonyl (C=O) groups excluding carboxylic acids is 2. The molecule has 1 amide bonds. The smallest absolute Gasteiger partial charge is 0.428 e. The predicted octanol–water partition coefficient (Wildman–Crippen LogP) is 2.23. The minimum atomic E-state index is -1.37. The molecular formula is C17H24N2O5. The topological polar surface area (TPSA) is 97.2 Å². The van der Waals surface area contributed by atoms with Gasteiger partial charge in [-0.15, -0.1) is 0 Å². The molecule has 1 rings (SSSR count). The van der Waals surface area contributed by atoms with Crippen LogP contribution < -0.4 is 5.43 Å². The second kappa shape index (κ2) is 9.02. The van der Waals surface area contributed by atoms with Crippen LogP contribution in [0, 0.1) is 0 Å². The van der Waals surface area contributed by atoms with Crippen molar-refractivity contribution in [3.63, 3.8) is 0 Å². The number of amides is 1. The molecule has 1 aromatic carbocycles. The van der Waals surface area contributed by atoms with Crippen molar-refractivity contribution in [1.29, 1.82) is 0 Å². The molecule has 0 aromatic heterocycles. The molecule has 1 atom stereocenters. The quantitative estimate of drug-likeness (QED) is 0.472. The molecule has 1 aromatic rings. The minimum Gasteiger partial charge on any atom is -0.464 e. The van der Waals surface area contributed by atoms with E-state index in [0.29, 0.717) is 11.3 Å². The van der Waals surface area contributed by atoms with Gasteiger partial charge < -0.3 is 14.6 Å². The van der Waals surface area contributed by atoms with Gasteiger partial charge in [0.15, 0.2) is 6.10 Å². The molecule has 0 aliphatic rings. The lowest BCUT2D eigenvalue weighted by Gasteiger charge is -2.19. The van der Waals surface area contributed by atoms with Crippen LogP contribution in [0.4, 0.5) is 4.79 Å². The molecule has 0 bridgehead atoms. The maximum absolute atomic E-state index is 11.7. The van der Waals surface area contributed by atoms with Crippen molar-refractivity contribution in [2.45, 2.75) is 45.8 Å². The van der Waals surface area contributed by atoms with E-state index in [1.807, 2.05) is 6.07 Å². The number of nitrogens with one attached hydrogen (secondary N) is 1. The van der Waals surface area contributed by atoms with Gasteiger partial charge in [0.1, 0.15) is 5.60 Å². The van der Waals surface area contributed by atoms with Crippen LogP contribution >= 0.6 is 0 Å². The van der Waals surface area contributed by atoms with E-state index in [9.17, 15) is 14.7 Å². The monoisotopic (exact) mass is 336 g/mol. The second-order valence-corrected chi connectivity index (χ2v) is 6.01. The first-order valence-corrected chi connectivity index (χ1v) is 7.68. The lowest BCUT2D eigenvalue weighted by atomic mass is 10.0. The fraction of sp³-hybridized carbons (Fsp3) is 0.471. The van der Waals surface area contributed by atoms with Gasteiger partial charge in [0.05, 0.1) is 12.3 Å². The minimum absolute atomic E-state index is 0.0986. The summed E-state index contributed by atoms with van der Waals surface area (Å²) < 4.78 is 9.88. The first-order chi connectivity index (χ1) is 11.2. The number of aliphatic hydroxyl groups is 1. The highest BCUT2D eigenvalue weighted by molar-refractivity contribution is 6.02. The molecule has 0 aliphatic carbocycles. The number of hydrogen-bond acceptors (Lipinski definition) is 6. The summed E-state index contributed by atoms with van der Waals surface area (Å²) in [5.74, 6) is -0.738. The Bertz CT molecular complexity index is 578. The fourth-order valence-corrected chi connectivity index (χ4v) is 1.78. The Morgan fingerprint density at radius 1 is 1.25 bits per heavy atom. The van der Waals surface area contributed by atoms with E-state index >= 15 is 0 Å². The summed E-state index contributed by atoms with van der Waals surface area (Å²) in [6, 6.07) is 8.91. The molecule has 0 saturated heterocycles. The van der Waals surface area contributed by atoms with Gasteiger partial charge in [-0.25, -0.2) is 15.0 Å². The lowest BCUT2D eigenvalue weighted by Crippen LogP contribution is -2.31. The van der Waals surface area contributed by atoms with Crippen LogP contribution in [-0.4, -0.2) is 41.2 Å². The van der Waals surface area contributed by atoms with Crippen LogP contribution in [0.25, 0.3) is 0 Å². The Morgan fingerprint density at radius 2 is 1.88 bits per heavy atom. The Labute approximate surface area is 141 Å². The van der Waals surface area contributed by atoms with Crippen molar-refractivity contribution in [3.8, 4) is 0 Å². The molecule has 0 spiro atoms. The van der Waals surface area contributed by atoms with Crippen LogP contribution in [0.2, 0.25) is 0 Å². The Kier molecular flexibility index (Phi) is 7.38. The Morgan fingerprint density at radius 3 is 2.42 bits per heavy atom. The predicted molar refractivity (Wildman–Crippen MR) is 89.6 cm³/mol. The molecule has 0 unspecified atom stereocenters. The molecule has 0 fully saturated rings. The average molecular weight is 336 g/mol. The first-order valence-electron chi connectivity index (χ1n) is 7.68. The van der Waals surface area contributed by atoms with Crippen LogP contribution in [0.1, 0.15) is 39.7 Å². The maximum atomic E-state index is 11.7. The van der Waals surface area contributed by atoms with E-state index in [-0.39, 0.29) is 13.0 Å².